The van der Waals surface area contributed by atoms with E-state index in [1.54, 1.807) is 0 Å². The van der Waals surface area contributed by atoms with Gasteiger partial charge in [-0.15, -0.1) is 0 Å². The molecule has 0 amide bonds. The molecule has 3 N–H and O–H groups in total. The lowest BCUT2D eigenvalue weighted by Crippen LogP contribution is -2.19. The number of hydrogen-bond acceptors (Lipinski definition) is 3. The summed E-state index contributed by atoms with van der Waals surface area (Å²) in [4.78, 5) is 0. The number of aliphatic hydroxyl groups excluding tert-OH is 1. The van der Waals surface area contributed by atoms with Crippen LogP contribution < -0.4 is 10.6 Å². The van der Waals surface area contributed by atoms with Crippen molar-refractivity contribution in [1.29, 1.82) is 0 Å². The molecule has 0 rings (SSSR count). The molecule has 0 aromatic heterocycles. The first-order valence-electron chi connectivity index (χ1n) is 4.88. The molecule has 3 heteroatoms. The van der Waals surface area contributed by atoms with E-state index in [1.807, 2.05) is 7.05 Å². The molecule has 12 heavy (non-hydrogen) atoms. The monoisotopic (exact) mass is 174 g/mol. The van der Waals surface area contributed by atoms with Crippen LogP contribution in [0, 0.1) is 0 Å². The maximum absolute atomic E-state index is 8.47. The summed E-state index contributed by atoms with van der Waals surface area (Å²) in [5, 5.41) is 14.8. The number of aliphatic hydroxyl groups is 1. The quantitative estimate of drug-likeness (QED) is 0.442. The average Bonchev–Trinajstić information content (AvgIpc) is 2.10. The zero-order chi connectivity index (χ0) is 9.07. The van der Waals surface area contributed by atoms with Gasteiger partial charge < -0.3 is 15.7 Å². The number of unbranched alkanes of at least 4 members (excludes halogenated alkanes) is 3. The molecule has 0 saturated heterocycles. The number of rotatable bonds is 9. The SMILES string of the molecule is CNCCCCCCNCCO. The molecule has 0 fully saturated rings. The lowest BCUT2D eigenvalue weighted by atomic mass is 10.2. The van der Waals surface area contributed by atoms with Crippen molar-refractivity contribution in [1.82, 2.24) is 10.6 Å². The van der Waals surface area contributed by atoms with Gasteiger partial charge in [-0.05, 0) is 33.0 Å². The van der Waals surface area contributed by atoms with Crippen LogP contribution in [0.4, 0.5) is 0 Å². The van der Waals surface area contributed by atoms with Crippen LogP contribution in [0.3, 0.4) is 0 Å². The summed E-state index contributed by atoms with van der Waals surface area (Å²) in [5.74, 6) is 0. The summed E-state index contributed by atoms with van der Waals surface area (Å²) >= 11 is 0. The fraction of sp³-hybridized carbons (Fsp3) is 1.00. The fourth-order valence-corrected chi connectivity index (χ4v) is 1.11. The third-order valence-electron chi connectivity index (χ3n) is 1.82. The van der Waals surface area contributed by atoms with Gasteiger partial charge in [-0.1, -0.05) is 12.8 Å². The third-order valence-corrected chi connectivity index (χ3v) is 1.82. The Labute approximate surface area is 75.6 Å². The minimum Gasteiger partial charge on any atom is -0.395 e. The van der Waals surface area contributed by atoms with E-state index in [9.17, 15) is 0 Å². The van der Waals surface area contributed by atoms with Crippen molar-refractivity contribution in [2.75, 3.05) is 33.3 Å². The van der Waals surface area contributed by atoms with E-state index in [-0.39, 0.29) is 6.61 Å². The van der Waals surface area contributed by atoms with Gasteiger partial charge in [0.15, 0.2) is 0 Å². The molecule has 0 aliphatic heterocycles. The van der Waals surface area contributed by atoms with E-state index in [2.05, 4.69) is 10.6 Å². The molecule has 0 unspecified atom stereocenters. The van der Waals surface area contributed by atoms with Crippen LogP contribution in [0.5, 0.6) is 0 Å². The Morgan fingerprint density at radius 1 is 0.917 bits per heavy atom. The van der Waals surface area contributed by atoms with Crippen molar-refractivity contribution in [2.45, 2.75) is 25.7 Å². The highest BCUT2D eigenvalue weighted by Gasteiger charge is 1.88. The number of nitrogens with one attached hydrogen (secondary N) is 2. The smallest absolute Gasteiger partial charge is 0.0555 e. The zero-order valence-corrected chi connectivity index (χ0v) is 8.10. The van der Waals surface area contributed by atoms with Crippen molar-refractivity contribution in [2.24, 2.45) is 0 Å². The van der Waals surface area contributed by atoms with E-state index in [0.717, 1.165) is 19.6 Å². The molecule has 0 aliphatic rings. The summed E-state index contributed by atoms with van der Waals surface area (Å²) in [6, 6.07) is 0. The van der Waals surface area contributed by atoms with Crippen molar-refractivity contribution >= 4 is 0 Å². The lowest BCUT2D eigenvalue weighted by molar-refractivity contribution is 0.292. The average molecular weight is 174 g/mol. The van der Waals surface area contributed by atoms with E-state index >= 15 is 0 Å². The molecule has 0 atom stereocenters. The summed E-state index contributed by atoms with van der Waals surface area (Å²) in [6.07, 6.45) is 5.10. The van der Waals surface area contributed by atoms with Gasteiger partial charge in [0.25, 0.3) is 0 Å². The molecular formula is C9H22N2O. The van der Waals surface area contributed by atoms with Crippen LogP contribution in [0.1, 0.15) is 25.7 Å². The highest BCUT2D eigenvalue weighted by molar-refractivity contribution is 4.49. The van der Waals surface area contributed by atoms with Crippen molar-refractivity contribution in [3.05, 3.63) is 0 Å². The third kappa shape index (κ3) is 9.88. The van der Waals surface area contributed by atoms with Crippen LogP contribution in [-0.2, 0) is 0 Å². The predicted molar refractivity (Wildman–Crippen MR) is 52.4 cm³/mol. The van der Waals surface area contributed by atoms with Gasteiger partial charge in [-0.2, -0.15) is 0 Å². The first-order chi connectivity index (χ1) is 5.91. The second-order valence-electron chi connectivity index (χ2n) is 2.99. The highest BCUT2D eigenvalue weighted by atomic mass is 16.3. The second kappa shape index (κ2) is 10.9. The first-order valence-corrected chi connectivity index (χ1v) is 4.88. The van der Waals surface area contributed by atoms with Crippen molar-refractivity contribution in [3.8, 4) is 0 Å². The van der Waals surface area contributed by atoms with Crippen molar-refractivity contribution < 1.29 is 5.11 Å². The highest BCUT2D eigenvalue weighted by Crippen LogP contribution is 1.96. The van der Waals surface area contributed by atoms with Gasteiger partial charge in [-0.3, -0.25) is 0 Å². The maximum Gasteiger partial charge on any atom is 0.0555 e. The molecule has 0 heterocycles. The minimum atomic E-state index is 0.250. The van der Waals surface area contributed by atoms with Crippen LogP contribution in [0.2, 0.25) is 0 Å². The molecule has 0 aromatic rings. The molecule has 0 spiro atoms. The van der Waals surface area contributed by atoms with Gasteiger partial charge in [0.1, 0.15) is 0 Å². The van der Waals surface area contributed by atoms with Gasteiger partial charge in [0.05, 0.1) is 6.61 Å². The Bertz CT molecular complexity index is 68.9. The van der Waals surface area contributed by atoms with Gasteiger partial charge >= 0.3 is 0 Å². The zero-order valence-electron chi connectivity index (χ0n) is 8.10. The van der Waals surface area contributed by atoms with Gasteiger partial charge in [0.2, 0.25) is 0 Å². The number of hydrogen-bond donors (Lipinski definition) is 3. The van der Waals surface area contributed by atoms with E-state index < -0.39 is 0 Å². The molecule has 0 saturated carbocycles. The molecule has 3 nitrogen and oxygen atoms in total. The Morgan fingerprint density at radius 3 is 2.17 bits per heavy atom. The lowest BCUT2D eigenvalue weighted by Gasteiger charge is -2.02. The summed E-state index contributed by atoms with van der Waals surface area (Å²) in [7, 11) is 1.99. The van der Waals surface area contributed by atoms with Crippen LogP contribution >= 0.6 is 0 Å². The van der Waals surface area contributed by atoms with Crippen LogP contribution in [0.25, 0.3) is 0 Å². The molecular weight excluding hydrogens is 152 g/mol. The van der Waals surface area contributed by atoms with Crippen LogP contribution in [0.15, 0.2) is 0 Å². The van der Waals surface area contributed by atoms with E-state index in [0.29, 0.717) is 0 Å². The summed E-state index contributed by atoms with van der Waals surface area (Å²) in [6.45, 7) is 3.15. The Balaban J connectivity index is 2.73. The van der Waals surface area contributed by atoms with E-state index in [1.165, 1.54) is 25.7 Å². The van der Waals surface area contributed by atoms with Gasteiger partial charge in [0, 0.05) is 6.54 Å². The molecule has 0 radical (unpaired) electrons. The van der Waals surface area contributed by atoms with Crippen molar-refractivity contribution in [3.63, 3.8) is 0 Å². The fourth-order valence-electron chi connectivity index (χ4n) is 1.11. The summed E-state index contributed by atoms with van der Waals surface area (Å²) < 4.78 is 0. The van der Waals surface area contributed by atoms with Crippen LogP contribution in [-0.4, -0.2) is 38.4 Å². The Hall–Kier alpha value is -0.120. The molecule has 74 valence electrons. The Kier molecular flexibility index (Phi) is 10.8. The molecule has 0 bridgehead atoms. The second-order valence-corrected chi connectivity index (χ2v) is 2.99. The maximum atomic E-state index is 8.47. The largest absolute Gasteiger partial charge is 0.395 e. The van der Waals surface area contributed by atoms with E-state index in [4.69, 9.17) is 5.11 Å². The molecule has 0 aliphatic carbocycles. The topological polar surface area (TPSA) is 44.3 Å². The normalized spacial score (nSPS) is 10.5. The minimum absolute atomic E-state index is 0.250. The Morgan fingerprint density at radius 2 is 1.58 bits per heavy atom. The standard InChI is InChI=1S/C9H22N2O/c1-10-6-4-2-3-5-7-11-8-9-12/h10-12H,2-9H2,1H3. The predicted octanol–water partition coefficient (Wildman–Crippen LogP) is 0.348. The molecule has 0 aromatic carbocycles. The summed E-state index contributed by atoms with van der Waals surface area (Å²) in [5.41, 5.74) is 0. The first kappa shape index (κ1) is 11.9. The van der Waals surface area contributed by atoms with Gasteiger partial charge in [-0.25, -0.2) is 0 Å².